The van der Waals surface area contributed by atoms with Gasteiger partial charge in [-0.3, -0.25) is 9.59 Å². The van der Waals surface area contributed by atoms with Crippen molar-refractivity contribution in [2.45, 2.75) is 19.4 Å². The molecule has 2 N–H and O–H groups in total. The van der Waals surface area contributed by atoms with Crippen LogP contribution in [0.25, 0.3) is 0 Å². The molecule has 0 aromatic heterocycles. The van der Waals surface area contributed by atoms with E-state index in [4.69, 9.17) is 0 Å². The highest BCUT2D eigenvalue weighted by Gasteiger charge is 2.29. The number of carbonyl (C=O) groups excluding carboxylic acids is 3. The molecule has 1 saturated heterocycles. The lowest BCUT2D eigenvalue weighted by molar-refractivity contribution is -0.144. The lowest BCUT2D eigenvalue weighted by Crippen LogP contribution is -2.42. The molecule has 15 heavy (non-hydrogen) atoms. The topological polar surface area (TPSA) is 84.5 Å². The van der Waals surface area contributed by atoms with Gasteiger partial charge in [0.15, 0.2) is 0 Å². The molecule has 0 spiro atoms. The molecule has 84 valence electrons. The molecule has 0 bridgehead atoms. The zero-order valence-electron chi connectivity index (χ0n) is 8.70. The molecule has 1 heterocycles. The highest BCUT2D eigenvalue weighted by Crippen LogP contribution is 2.08. The Kier molecular flexibility index (Phi) is 3.65. The van der Waals surface area contributed by atoms with E-state index in [2.05, 4.69) is 15.4 Å². The molecule has 1 fully saturated rings. The molecular weight excluding hydrogens is 200 g/mol. The zero-order valence-corrected chi connectivity index (χ0v) is 8.70. The van der Waals surface area contributed by atoms with Crippen molar-refractivity contribution in [3.05, 3.63) is 0 Å². The van der Waals surface area contributed by atoms with E-state index in [1.165, 1.54) is 14.0 Å². The summed E-state index contributed by atoms with van der Waals surface area (Å²) >= 11 is 0. The Morgan fingerprint density at radius 2 is 2.27 bits per heavy atom. The molecule has 0 radical (unpaired) electrons. The molecule has 6 heteroatoms. The molecule has 6 nitrogen and oxygen atoms in total. The van der Waals surface area contributed by atoms with Gasteiger partial charge >= 0.3 is 5.97 Å². The van der Waals surface area contributed by atoms with Gasteiger partial charge in [-0.25, -0.2) is 4.79 Å². The second kappa shape index (κ2) is 4.77. The summed E-state index contributed by atoms with van der Waals surface area (Å²) in [6.45, 7) is 1.87. The number of nitrogens with one attached hydrogen (secondary N) is 2. The van der Waals surface area contributed by atoms with E-state index in [0.717, 1.165) is 0 Å². The largest absolute Gasteiger partial charge is 0.467 e. The third-order valence-corrected chi connectivity index (χ3v) is 2.26. The van der Waals surface area contributed by atoms with Crippen LogP contribution in [0.3, 0.4) is 0 Å². The van der Waals surface area contributed by atoms with Crippen LogP contribution < -0.4 is 10.6 Å². The fourth-order valence-corrected chi connectivity index (χ4v) is 1.36. The Bertz CT molecular complexity index is 290. The molecule has 2 amide bonds. The van der Waals surface area contributed by atoms with Crippen molar-refractivity contribution >= 4 is 17.8 Å². The van der Waals surface area contributed by atoms with Crippen LogP contribution in [-0.2, 0) is 19.1 Å². The fourth-order valence-electron chi connectivity index (χ4n) is 1.36. The lowest BCUT2D eigenvalue weighted by atomic mass is 10.1. The average molecular weight is 214 g/mol. The minimum absolute atomic E-state index is 0.138. The van der Waals surface area contributed by atoms with E-state index >= 15 is 0 Å². The van der Waals surface area contributed by atoms with E-state index in [1.54, 1.807) is 0 Å². The predicted octanol–water partition coefficient (Wildman–Crippen LogP) is -1.20. The maximum Gasteiger partial charge on any atom is 0.328 e. The molecule has 0 aromatic rings. The summed E-state index contributed by atoms with van der Waals surface area (Å²) in [7, 11) is 1.26. The van der Waals surface area contributed by atoms with Crippen molar-refractivity contribution in [3.63, 3.8) is 0 Å². The molecule has 1 aliphatic rings. The Hall–Kier alpha value is -1.59. The van der Waals surface area contributed by atoms with E-state index in [1.807, 2.05) is 0 Å². The summed E-state index contributed by atoms with van der Waals surface area (Å²) in [4.78, 5) is 33.4. The molecule has 0 saturated carbocycles. The Balaban J connectivity index is 2.42. The highest BCUT2D eigenvalue weighted by molar-refractivity contribution is 5.91. The Labute approximate surface area is 87.4 Å². The van der Waals surface area contributed by atoms with Crippen LogP contribution in [0.1, 0.15) is 13.3 Å². The maximum atomic E-state index is 11.5. The molecule has 0 aromatic carbocycles. The zero-order chi connectivity index (χ0) is 11.4. The van der Waals surface area contributed by atoms with Gasteiger partial charge in [-0.2, -0.15) is 0 Å². The van der Waals surface area contributed by atoms with Crippen LogP contribution in [0.4, 0.5) is 0 Å². The smallest absolute Gasteiger partial charge is 0.328 e. The summed E-state index contributed by atoms with van der Waals surface area (Å²) in [5.41, 5.74) is 0. The van der Waals surface area contributed by atoms with Crippen molar-refractivity contribution in [1.29, 1.82) is 0 Å². The monoisotopic (exact) mass is 214 g/mol. The van der Waals surface area contributed by atoms with Gasteiger partial charge in [-0.1, -0.05) is 0 Å². The normalized spacial score (nSPS) is 21.7. The lowest BCUT2D eigenvalue weighted by Gasteiger charge is -2.13. The minimum Gasteiger partial charge on any atom is -0.467 e. The van der Waals surface area contributed by atoms with Crippen LogP contribution in [0, 0.1) is 5.92 Å². The van der Waals surface area contributed by atoms with Gasteiger partial charge in [0.25, 0.3) is 0 Å². The first-order valence-electron chi connectivity index (χ1n) is 4.69. The summed E-state index contributed by atoms with van der Waals surface area (Å²) in [5.74, 6) is -1.32. The molecule has 1 rings (SSSR count). The first-order chi connectivity index (χ1) is 7.04. The second-order valence-electron chi connectivity index (χ2n) is 3.46. The van der Waals surface area contributed by atoms with Gasteiger partial charge in [-0.05, 0) is 6.92 Å². The molecule has 1 aliphatic heterocycles. The summed E-state index contributed by atoms with van der Waals surface area (Å²) in [6, 6.07) is -0.682. The summed E-state index contributed by atoms with van der Waals surface area (Å²) in [5, 5.41) is 5.04. The molecule has 0 aliphatic carbocycles. The third-order valence-electron chi connectivity index (χ3n) is 2.26. The summed E-state index contributed by atoms with van der Waals surface area (Å²) in [6.07, 6.45) is 0.180. The Morgan fingerprint density at radius 3 is 2.73 bits per heavy atom. The Morgan fingerprint density at radius 1 is 1.60 bits per heavy atom. The second-order valence-corrected chi connectivity index (χ2v) is 3.46. The van der Waals surface area contributed by atoms with E-state index in [-0.39, 0.29) is 24.2 Å². The van der Waals surface area contributed by atoms with Gasteiger partial charge in [0.2, 0.25) is 11.8 Å². The van der Waals surface area contributed by atoms with Crippen LogP contribution in [0.15, 0.2) is 0 Å². The maximum absolute atomic E-state index is 11.5. The van der Waals surface area contributed by atoms with Gasteiger partial charge in [0.05, 0.1) is 13.0 Å². The SMILES string of the molecule is COC(=O)C(C)NC(=O)C1CNC(=O)C1. The number of rotatable bonds is 3. The molecular formula is C9H14N2O4. The standard InChI is InChI=1S/C9H14N2O4/c1-5(9(14)15-2)11-8(13)6-3-7(12)10-4-6/h5-6H,3-4H2,1-2H3,(H,10,12)(H,11,13). The summed E-state index contributed by atoms with van der Waals surface area (Å²) < 4.78 is 4.46. The number of ether oxygens (including phenoxy) is 1. The molecule has 2 unspecified atom stereocenters. The molecule has 2 atom stereocenters. The number of esters is 1. The van der Waals surface area contributed by atoms with E-state index in [0.29, 0.717) is 6.54 Å². The number of hydrogen-bond donors (Lipinski definition) is 2. The van der Waals surface area contributed by atoms with Gasteiger partial charge < -0.3 is 15.4 Å². The first-order valence-corrected chi connectivity index (χ1v) is 4.69. The average Bonchev–Trinajstić information content (AvgIpc) is 2.63. The van der Waals surface area contributed by atoms with Gasteiger partial charge in [0.1, 0.15) is 6.04 Å². The van der Waals surface area contributed by atoms with Crippen LogP contribution >= 0.6 is 0 Å². The number of methoxy groups -OCH3 is 1. The van der Waals surface area contributed by atoms with Crippen LogP contribution in [0.5, 0.6) is 0 Å². The van der Waals surface area contributed by atoms with Crippen molar-refractivity contribution in [2.75, 3.05) is 13.7 Å². The quantitative estimate of drug-likeness (QED) is 0.578. The fraction of sp³-hybridized carbons (Fsp3) is 0.667. The van der Waals surface area contributed by atoms with Crippen LogP contribution in [0.2, 0.25) is 0 Å². The van der Waals surface area contributed by atoms with E-state index < -0.39 is 12.0 Å². The predicted molar refractivity (Wildman–Crippen MR) is 50.7 cm³/mol. The number of amides is 2. The van der Waals surface area contributed by atoms with Gasteiger partial charge in [0, 0.05) is 13.0 Å². The van der Waals surface area contributed by atoms with Crippen molar-refractivity contribution in [1.82, 2.24) is 10.6 Å². The van der Waals surface area contributed by atoms with E-state index in [9.17, 15) is 14.4 Å². The number of hydrogen-bond acceptors (Lipinski definition) is 4. The van der Waals surface area contributed by atoms with Crippen molar-refractivity contribution in [2.24, 2.45) is 5.92 Å². The highest BCUT2D eigenvalue weighted by atomic mass is 16.5. The van der Waals surface area contributed by atoms with Gasteiger partial charge in [-0.15, -0.1) is 0 Å². The number of carbonyl (C=O) groups is 3. The minimum atomic E-state index is -0.682. The van der Waals surface area contributed by atoms with Crippen molar-refractivity contribution < 1.29 is 19.1 Å². The van der Waals surface area contributed by atoms with Crippen molar-refractivity contribution in [3.8, 4) is 0 Å². The first kappa shape index (κ1) is 11.5. The van der Waals surface area contributed by atoms with Crippen LogP contribution in [-0.4, -0.2) is 37.5 Å². The third kappa shape index (κ3) is 2.93.